The van der Waals surface area contributed by atoms with E-state index in [0.717, 1.165) is 38.2 Å². The minimum Gasteiger partial charge on any atom is -0.378 e. The number of carbonyl (C=O) groups is 1. The van der Waals surface area contributed by atoms with Gasteiger partial charge in [0.05, 0.1) is 0 Å². The molecule has 4 nitrogen and oxygen atoms in total. The van der Waals surface area contributed by atoms with Crippen molar-refractivity contribution in [2.24, 2.45) is 5.92 Å². The van der Waals surface area contributed by atoms with Crippen LogP contribution in [0.1, 0.15) is 38.7 Å². The summed E-state index contributed by atoms with van der Waals surface area (Å²) in [5, 5.41) is 0. The van der Waals surface area contributed by atoms with Gasteiger partial charge in [-0.15, -0.1) is 0 Å². The minimum atomic E-state index is 0.254. The van der Waals surface area contributed by atoms with Crippen LogP contribution in [-0.2, 0) is 11.3 Å². The molecule has 1 saturated heterocycles. The summed E-state index contributed by atoms with van der Waals surface area (Å²) in [6.45, 7) is 7.26. The van der Waals surface area contributed by atoms with Crippen molar-refractivity contribution in [2.75, 3.05) is 37.0 Å². The Kier molecular flexibility index (Phi) is 7.32. The van der Waals surface area contributed by atoms with E-state index in [4.69, 9.17) is 0 Å². The Morgan fingerprint density at radius 1 is 0.966 bits per heavy atom. The van der Waals surface area contributed by atoms with Crippen LogP contribution in [0.5, 0.6) is 0 Å². The van der Waals surface area contributed by atoms with Crippen molar-refractivity contribution in [1.29, 1.82) is 0 Å². The summed E-state index contributed by atoms with van der Waals surface area (Å²) in [7, 11) is 4.14. The van der Waals surface area contributed by atoms with E-state index >= 15 is 0 Å². The highest BCUT2D eigenvalue weighted by atomic mass is 16.2. The van der Waals surface area contributed by atoms with Crippen LogP contribution in [0.2, 0.25) is 0 Å². The molecule has 1 amide bonds. The van der Waals surface area contributed by atoms with Crippen molar-refractivity contribution in [2.45, 2.75) is 45.7 Å². The molecule has 0 aliphatic carbocycles. The third-order valence-electron chi connectivity index (χ3n) is 5.67. The second-order valence-electron chi connectivity index (χ2n) is 8.77. The minimum absolute atomic E-state index is 0.254. The van der Waals surface area contributed by atoms with Gasteiger partial charge >= 0.3 is 0 Å². The average molecular weight is 394 g/mol. The van der Waals surface area contributed by atoms with Crippen LogP contribution in [0.4, 0.5) is 11.4 Å². The number of likely N-dealkylation sites (tertiary alicyclic amines) is 1. The number of carbonyl (C=O) groups excluding carboxylic acids is 1. The molecule has 1 heterocycles. The second kappa shape index (κ2) is 9.93. The van der Waals surface area contributed by atoms with Crippen molar-refractivity contribution in [3.05, 3.63) is 60.2 Å². The molecule has 1 fully saturated rings. The molecule has 2 aromatic rings. The van der Waals surface area contributed by atoms with Crippen molar-refractivity contribution in [3.63, 3.8) is 0 Å². The summed E-state index contributed by atoms with van der Waals surface area (Å²) < 4.78 is 0. The highest BCUT2D eigenvalue weighted by Gasteiger charge is 2.29. The van der Waals surface area contributed by atoms with E-state index in [9.17, 15) is 4.79 Å². The molecule has 0 unspecified atom stereocenters. The van der Waals surface area contributed by atoms with Crippen molar-refractivity contribution in [1.82, 2.24) is 4.90 Å². The first-order valence-corrected chi connectivity index (χ1v) is 10.8. The standard InChI is InChI=1S/C25H35N3O/c1-20(2)18-25(29)28(23-8-6-5-7-9-23)24-14-16-27(17-15-24)19-21-10-12-22(13-11-21)26(3)4/h5-13,20,24H,14-19H2,1-4H3. The third kappa shape index (κ3) is 5.83. The summed E-state index contributed by atoms with van der Waals surface area (Å²) in [6.07, 6.45) is 2.65. The smallest absolute Gasteiger partial charge is 0.227 e. The topological polar surface area (TPSA) is 26.8 Å². The van der Waals surface area contributed by atoms with Gasteiger partial charge in [0.25, 0.3) is 0 Å². The number of anilines is 2. The molecule has 2 aromatic carbocycles. The second-order valence-corrected chi connectivity index (χ2v) is 8.77. The number of benzene rings is 2. The predicted octanol–water partition coefficient (Wildman–Crippen LogP) is 4.80. The average Bonchev–Trinajstić information content (AvgIpc) is 2.70. The summed E-state index contributed by atoms with van der Waals surface area (Å²) in [6, 6.07) is 19.3. The van der Waals surface area contributed by atoms with Crippen LogP contribution >= 0.6 is 0 Å². The maximum atomic E-state index is 13.0. The van der Waals surface area contributed by atoms with E-state index in [1.165, 1.54) is 11.3 Å². The summed E-state index contributed by atoms with van der Waals surface area (Å²) in [5.41, 5.74) is 3.62. The van der Waals surface area contributed by atoms with Gasteiger partial charge in [-0.25, -0.2) is 0 Å². The molecule has 0 atom stereocenters. The Morgan fingerprint density at radius 3 is 2.14 bits per heavy atom. The Labute approximate surface area is 176 Å². The molecule has 1 aliphatic rings. The van der Waals surface area contributed by atoms with E-state index in [0.29, 0.717) is 12.3 Å². The summed E-state index contributed by atoms with van der Waals surface area (Å²) in [5.74, 6) is 0.628. The van der Waals surface area contributed by atoms with Gasteiger partial charge in [-0.2, -0.15) is 0 Å². The van der Waals surface area contributed by atoms with Gasteiger partial charge in [-0.05, 0) is 48.6 Å². The number of nitrogens with zero attached hydrogens (tertiary/aromatic N) is 3. The number of hydrogen-bond acceptors (Lipinski definition) is 3. The molecule has 0 aromatic heterocycles. The van der Waals surface area contributed by atoms with Crippen molar-refractivity contribution >= 4 is 17.3 Å². The number of para-hydroxylation sites is 1. The van der Waals surface area contributed by atoms with E-state index in [1.807, 2.05) is 18.2 Å². The van der Waals surface area contributed by atoms with Crippen molar-refractivity contribution < 1.29 is 4.79 Å². The fourth-order valence-electron chi connectivity index (χ4n) is 4.09. The van der Waals surface area contributed by atoms with Crippen LogP contribution in [0.15, 0.2) is 54.6 Å². The Hall–Kier alpha value is -2.33. The van der Waals surface area contributed by atoms with Crippen LogP contribution in [0.3, 0.4) is 0 Å². The lowest BCUT2D eigenvalue weighted by Gasteiger charge is -2.39. The lowest BCUT2D eigenvalue weighted by Crippen LogP contribution is -2.47. The largest absolute Gasteiger partial charge is 0.378 e. The summed E-state index contributed by atoms with van der Waals surface area (Å²) in [4.78, 5) is 19.7. The zero-order valence-electron chi connectivity index (χ0n) is 18.3. The zero-order chi connectivity index (χ0) is 20.8. The first-order valence-electron chi connectivity index (χ1n) is 10.8. The maximum Gasteiger partial charge on any atom is 0.227 e. The van der Waals surface area contributed by atoms with Crippen molar-refractivity contribution in [3.8, 4) is 0 Å². The van der Waals surface area contributed by atoms with Gasteiger partial charge in [-0.3, -0.25) is 9.69 Å². The van der Waals surface area contributed by atoms with E-state index in [1.54, 1.807) is 0 Å². The van der Waals surface area contributed by atoms with Crippen LogP contribution in [0.25, 0.3) is 0 Å². The molecular weight excluding hydrogens is 358 g/mol. The molecular formula is C25H35N3O. The quantitative estimate of drug-likeness (QED) is 0.676. The lowest BCUT2D eigenvalue weighted by molar-refractivity contribution is -0.120. The van der Waals surface area contributed by atoms with Crippen LogP contribution < -0.4 is 9.80 Å². The van der Waals surface area contributed by atoms with Crippen LogP contribution in [-0.4, -0.2) is 44.0 Å². The molecule has 0 bridgehead atoms. The normalized spacial score (nSPS) is 15.5. The molecule has 0 spiro atoms. The molecule has 0 saturated carbocycles. The number of rotatable bonds is 7. The van der Waals surface area contributed by atoms with Gasteiger partial charge in [0, 0.05) is 57.6 Å². The Bertz CT molecular complexity index is 762. The fraction of sp³-hybridized carbons (Fsp3) is 0.480. The first-order chi connectivity index (χ1) is 13.9. The Balaban J connectivity index is 1.62. The van der Waals surface area contributed by atoms with Crippen LogP contribution in [0, 0.1) is 5.92 Å². The van der Waals surface area contributed by atoms with E-state index in [2.05, 4.69) is 79.0 Å². The summed E-state index contributed by atoms with van der Waals surface area (Å²) >= 11 is 0. The molecule has 4 heteroatoms. The first kappa shape index (κ1) is 21.4. The molecule has 3 rings (SSSR count). The fourth-order valence-corrected chi connectivity index (χ4v) is 4.09. The monoisotopic (exact) mass is 393 g/mol. The van der Waals surface area contributed by atoms with Gasteiger partial charge < -0.3 is 9.80 Å². The van der Waals surface area contributed by atoms with Gasteiger partial charge in [0.1, 0.15) is 0 Å². The molecule has 0 radical (unpaired) electrons. The zero-order valence-corrected chi connectivity index (χ0v) is 18.3. The molecule has 156 valence electrons. The predicted molar refractivity (Wildman–Crippen MR) is 122 cm³/mol. The Morgan fingerprint density at radius 2 is 1.59 bits per heavy atom. The number of piperidine rings is 1. The highest BCUT2D eigenvalue weighted by Crippen LogP contribution is 2.26. The van der Waals surface area contributed by atoms with E-state index < -0.39 is 0 Å². The highest BCUT2D eigenvalue weighted by molar-refractivity contribution is 5.94. The number of amides is 1. The SMILES string of the molecule is CC(C)CC(=O)N(c1ccccc1)C1CCN(Cc2ccc(N(C)C)cc2)CC1. The third-order valence-corrected chi connectivity index (χ3v) is 5.67. The molecule has 0 N–H and O–H groups in total. The van der Waals surface area contributed by atoms with Gasteiger partial charge in [-0.1, -0.05) is 44.2 Å². The number of hydrogen-bond donors (Lipinski definition) is 0. The van der Waals surface area contributed by atoms with E-state index in [-0.39, 0.29) is 11.9 Å². The molecule has 29 heavy (non-hydrogen) atoms. The lowest BCUT2D eigenvalue weighted by atomic mass is 9.99. The molecule has 1 aliphatic heterocycles. The maximum absolute atomic E-state index is 13.0. The van der Waals surface area contributed by atoms with Gasteiger partial charge in [0.15, 0.2) is 0 Å². The van der Waals surface area contributed by atoms with Gasteiger partial charge in [0.2, 0.25) is 5.91 Å².